The first-order chi connectivity index (χ1) is 8.65. The lowest BCUT2D eigenvalue weighted by atomic mass is 9.86. The first kappa shape index (κ1) is 16.0. The van der Waals surface area contributed by atoms with Crippen LogP contribution in [-0.2, 0) is 5.41 Å². The molecule has 0 aliphatic rings. The van der Waals surface area contributed by atoms with Gasteiger partial charge in [0.25, 0.3) is 0 Å². The van der Waals surface area contributed by atoms with Gasteiger partial charge >= 0.3 is 0 Å². The molecule has 0 amide bonds. The highest BCUT2D eigenvalue weighted by Crippen LogP contribution is 2.26. The number of benzene rings is 1. The average Bonchev–Trinajstić information content (AvgIpc) is 2.30. The van der Waals surface area contributed by atoms with E-state index in [9.17, 15) is 0 Å². The highest BCUT2D eigenvalue weighted by atomic mass is 14.9. The van der Waals surface area contributed by atoms with Gasteiger partial charge in [0.05, 0.1) is 0 Å². The molecule has 0 saturated carbocycles. The van der Waals surface area contributed by atoms with Crippen LogP contribution in [0, 0.1) is 12.3 Å². The van der Waals surface area contributed by atoms with Gasteiger partial charge in [0.15, 0.2) is 0 Å². The van der Waals surface area contributed by atoms with Crippen molar-refractivity contribution in [3.8, 4) is 0 Å². The summed E-state index contributed by atoms with van der Waals surface area (Å²) in [4.78, 5) is 0. The fourth-order valence-corrected chi connectivity index (χ4v) is 1.97. The maximum absolute atomic E-state index is 5.76. The van der Waals surface area contributed by atoms with Crippen molar-refractivity contribution in [2.24, 2.45) is 11.1 Å². The number of nitrogens with one attached hydrogen (secondary N) is 1. The molecule has 0 radical (unpaired) electrons. The quantitative estimate of drug-likeness (QED) is 0.839. The lowest BCUT2D eigenvalue weighted by Crippen LogP contribution is -2.26. The first-order valence-corrected chi connectivity index (χ1v) is 7.21. The van der Waals surface area contributed by atoms with Crippen molar-refractivity contribution in [2.75, 3.05) is 18.4 Å². The third kappa shape index (κ3) is 4.87. The summed E-state index contributed by atoms with van der Waals surface area (Å²) in [5.74, 6) is 0. The van der Waals surface area contributed by atoms with Gasteiger partial charge in [-0.3, -0.25) is 0 Å². The Morgan fingerprint density at radius 1 is 1.11 bits per heavy atom. The van der Waals surface area contributed by atoms with Crippen LogP contribution in [0.4, 0.5) is 5.69 Å². The van der Waals surface area contributed by atoms with Crippen LogP contribution in [0.5, 0.6) is 0 Å². The maximum atomic E-state index is 5.76. The molecule has 1 aromatic rings. The van der Waals surface area contributed by atoms with Crippen molar-refractivity contribution in [1.82, 2.24) is 0 Å². The molecule has 0 unspecified atom stereocenters. The van der Waals surface area contributed by atoms with Crippen molar-refractivity contribution in [2.45, 2.75) is 53.4 Å². The number of anilines is 1. The predicted molar refractivity (Wildman–Crippen MR) is 85.8 cm³/mol. The van der Waals surface area contributed by atoms with Gasteiger partial charge in [-0.1, -0.05) is 46.8 Å². The normalized spacial score (nSPS) is 12.6. The van der Waals surface area contributed by atoms with Crippen LogP contribution in [-0.4, -0.2) is 13.1 Å². The highest BCUT2D eigenvalue weighted by Gasteiger charge is 2.16. The number of aryl methyl sites for hydroxylation is 1. The molecule has 2 heteroatoms. The summed E-state index contributed by atoms with van der Waals surface area (Å²) in [7, 11) is 0. The zero-order chi connectivity index (χ0) is 14.7. The third-order valence-corrected chi connectivity index (χ3v) is 3.76. The first-order valence-electron chi connectivity index (χ1n) is 7.21. The molecule has 0 aliphatic carbocycles. The molecular weight excluding hydrogens is 232 g/mol. The molecule has 0 heterocycles. The Hall–Kier alpha value is -1.02. The summed E-state index contributed by atoms with van der Waals surface area (Å²) in [6.07, 6.45) is 1.09. The zero-order valence-corrected chi connectivity index (χ0v) is 13.4. The molecule has 0 fully saturated rings. The average molecular weight is 262 g/mol. The van der Waals surface area contributed by atoms with Crippen LogP contribution < -0.4 is 11.1 Å². The van der Waals surface area contributed by atoms with E-state index in [-0.39, 0.29) is 10.8 Å². The summed E-state index contributed by atoms with van der Waals surface area (Å²) >= 11 is 0. The predicted octanol–water partition coefficient (Wildman–Crippen LogP) is 4.08. The van der Waals surface area contributed by atoms with Gasteiger partial charge in [0, 0.05) is 12.2 Å². The molecule has 0 aliphatic heterocycles. The lowest BCUT2D eigenvalue weighted by Gasteiger charge is -2.24. The van der Waals surface area contributed by atoms with Crippen LogP contribution in [0.2, 0.25) is 0 Å². The molecule has 2 nitrogen and oxygen atoms in total. The van der Waals surface area contributed by atoms with E-state index in [1.54, 1.807) is 0 Å². The van der Waals surface area contributed by atoms with E-state index in [2.05, 4.69) is 65.1 Å². The van der Waals surface area contributed by atoms with Crippen molar-refractivity contribution >= 4 is 5.69 Å². The molecule has 108 valence electrons. The van der Waals surface area contributed by atoms with E-state index in [1.807, 2.05) is 0 Å². The molecule has 0 atom stereocenters. The van der Waals surface area contributed by atoms with E-state index in [4.69, 9.17) is 5.73 Å². The lowest BCUT2D eigenvalue weighted by molar-refractivity contribution is 0.358. The van der Waals surface area contributed by atoms with E-state index in [1.165, 1.54) is 16.8 Å². The van der Waals surface area contributed by atoms with Gasteiger partial charge in [-0.2, -0.15) is 0 Å². The largest absolute Gasteiger partial charge is 0.385 e. The molecule has 3 N–H and O–H groups in total. The van der Waals surface area contributed by atoms with E-state index in [0.29, 0.717) is 0 Å². The van der Waals surface area contributed by atoms with Gasteiger partial charge in [-0.25, -0.2) is 0 Å². The molecule has 19 heavy (non-hydrogen) atoms. The highest BCUT2D eigenvalue weighted by molar-refractivity contribution is 5.52. The van der Waals surface area contributed by atoms with Crippen LogP contribution in [0.1, 0.15) is 52.2 Å². The van der Waals surface area contributed by atoms with Crippen molar-refractivity contribution in [3.05, 3.63) is 29.3 Å². The zero-order valence-electron chi connectivity index (χ0n) is 13.4. The summed E-state index contributed by atoms with van der Waals surface area (Å²) in [6, 6.07) is 6.71. The van der Waals surface area contributed by atoms with Crippen LogP contribution in [0.3, 0.4) is 0 Å². The second-order valence-corrected chi connectivity index (χ2v) is 7.32. The Morgan fingerprint density at radius 2 is 1.74 bits per heavy atom. The molecular formula is C17H30N2. The smallest absolute Gasteiger partial charge is 0.0370 e. The monoisotopic (exact) mass is 262 g/mol. The Kier molecular flexibility index (Phi) is 5.03. The maximum Gasteiger partial charge on any atom is 0.0370 e. The third-order valence-electron chi connectivity index (χ3n) is 3.76. The van der Waals surface area contributed by atoms with Crippen LogP contribution in [0.25, 0.3) is 0 Å². The number of nitrogens with two attached hydrogens (primary N) is 1. The summed E-state index contributed by atoms with van der Waals surface area (Å²) in [6.45, 7) is 15.0. The van der Waals surface area contributed by atoms with Crippen molar-refractivity contribution in [1.29, 1.82) is 0 Å². The van der Waals surface area contributed by atoms with Crippen molar-refractivity contribution in [3.63, 3.8) is 0 Å². The minimum Gasteiger partial charge on any atom is -0.385 e. The van der Waals surface area contributed by atoms with E-state index < -0.39 is 0 Å². The van der Waals surface area contributed by atoms with Gasteiger partial charge in [-0.05, 0) is 47.9 Å². The van der Waals surface area contributed by atoms with Crippen molar-refractivity contribution < 1.29 is 0 Å². The summed E-state index contributed by atoms with van der Waals surface area (Å²) in [5, 5.41) is 3.53. The second-order valence-electron chi connectivity index (χ2n) is 7.32. The van der Waals surface area contributed by atoms with Crippen LogP contribution in [0.15, 0.2) is 18.2 Å². The SMILES string of the molecule is Cc1cc(C(C)(C)C)ccc1NCCC(C)(C)CN. The van der Waals surface area contributed by atoms with Gasteiger partial charge in [0.2, 0.25) is 0 Å². The number of hydrogen-bond acceptors (Lipinski definition) is 2. The number of hydrogen-bond donors (Lipinski definition) is 2. The fraction of sp³-hybridized carbons (Fsp3) is 0.647. The Morgan fingerprint density at radius 3 is 2.21 bits per heavy atom. The van der Waals surface area contributed by atoms with E-state index in [0.717, 1.165) is 19.5 Å². The Balaban J connectivity index is 2.66. The fourth-order valence-electron chi connectivity index (χ4n) is 1.97. The second kappa shape index (κ2) is 5.96. The molecule has 1 aromatic carbocycles. The molecule has 0 bridgehead atoms. The van der Waals surface area contributed by atoms with Gasteiger partial charge in [-0.15, -0.1) is 0 Å². The minimum atomic E-state index is 0.213. The topological polar surface area (TPSA) is 38.0 Å². The summed E-state index contributed by atoms with van der Waals surface area (Å²) in [5.41, 5.74) is 10.1. The standard InChI is InChI=1S/C17H30N2/c1-13-11-14(16(2,3)4)7-8-15(13)19-10-9-17(5,6)12-18/h7-8,11,19H,9-10,12,18H2,1-6H3. The van der Waals surface area contributed by atoms with Gasteiger partial charge < -0.3 is 11.1 Å². The van der Waals surface area contributed by atoms with E-state index >= 15 is 0 Å². The molecule has 0 saturated heterocycles. The van der Waals surface area contributed by atoms with Gasteiger partial charge in [0.1, 0.15) is 0 Å². The summed E-state index contributed by atoms with van der Waals surface area (Å²) < 4.78 is 0. The Labute approximate surface area is 118 Å². The Bertz CT molecular complexity index is 414. The molecule has 1 rings (SSSR count). The minimum absolute atomic E-state index is 0.213. The molecule has 0 aromatic heterocycles. The van der Waals surface area contributed by atoms with Crippen LogP contribution >= 0.6 is 0 Å². The number of rotatable bonds is 5. The molecule has 0 spiro atoms.